The minimum Gasteiger partial charge on any atom is -0.266 e. The first kappa shape index (κ1) is 36.9. The average Bonchev–Trinajstić information content (AvgIpc) is 2.86. The fourth-order valence-corrected chi connectivity index (χ4v) is 10.2. The first-order valence-corrected chi connectivity index (χ1v) is 18.8. The van der Waals surface area contributed by atoms with Gasteiger partial charge in [0.25, 0.3) is 30.4 Å². The van der Waals surface area contributed by atoms with E-state index in [4.69, 9.17) is 12.5 Å². The summed E-state index contributed by atoms with van der Waals surface area (Å²) in [5, 5.41) is 0. The van der Waals surface area contributed by atoms with Crippen LogP contribution >= 0.6 is 0 Å². The van der Waals surface area contributed by atoms with Gasteiger partial charge in [0, 0.05) is 5.41 Å². The van der Waals surface area contributed by atoms with E-state index in [1.54, 1.807) is 84.9 Å². The molecule has 0 bridgehead atoms. The molecule has 0 unspecified atom stereocenters. The second-order valence-corrected chi connectivity index (χ2v) is 16.8. The van der Waals surface area contributed by atoms with E-state index in [1.165, 1.54) is 0 Å². The molecule has 0 amide bonds. The van der Waals surface area contributed by atoms with E-state index >= 15 is 0 Å². The van der Waals surface area contributed by atoms with Gasteiger partial charge in [0.2, 0.25) is 0 Å². The standard InChI is InChI=1S/C33H44O9S3/c1-11-33(18-40-43(34,35)30-24(5)12-21(2)13-25(30)6,19-41-44(36,37)31-26(7)14-22(3)15-27(31)8)20-42-45(38,39)32-28(9)16-23(4)17-29(32)10/h12-17H,11,18-20H2,1-10H3. The summed E-state index contributed by atoms with van der Waals surface area (Å²) >= 11 is 0. The Balaban J connectivity index is 2.03. The number of aryl methyl sites for hydroxylation is 9. The van der Waals surface area contributed by atoms with Crippen molar-refractivity contribution in [3.63, 3.8) is 0 Å². The smallest absolute Gasteiger partial charge is 0.266 e. The number of rotatable bonds is 13. The molecule has 0 aromatic heterocycles. The summed E-state index contributed by atoms with van der Waals surface area (Å²) in [4.78, 5) is -0.00835. The number of hydrogen-bond donors (Lipinski definition) is 0. The summed E-state index contributed by atoms with van der Waals surface area (Å²) < 4.78 is 97.7. The molecule has 3 aromatic carbocycles. The molecule has 248 valence electrons. The van der Waals surface area contributed by atoms with Crippen LogP contribution in [0.25, 0.3) is 0 Å². The normalized spacial score (nSPS) is 12.9. The Morgan fingerprint density at radius 3 is 0.822 bits per heavy atom. The van der Waals surface area contributed by atoms with E-state index in [1.807, 2.05) is 20.8 Å². The van der Waals surface area contributed by atoms with Crippen molar-refractivity contribution in [3.05, 3.63) is 86.5 Å². The minimum absolute atomic E-state index is 0.00278. The number of hydrogen-bond acceptors (Lipinski definition) is 9. The van der Waals surface area contributed by atoms with Gasteiger partial charge >= 0.3 is 0 Å². The SMILES string of the molecule is CCC(COS(=O)(=O)c1c(C)cc(C)cc1C)(COS(=O)(=O)c1c(C)cc(C)cc1C)COS(=O)(=O)c1c(C)cc(C)cc1C. The van der Waals surface area contributed by atoms with Crippen LogP contribution in [-0.4, -0.2) is 45.1 Å². The van der Waals surface area contributed by atoms with Crippen molar-refractivity contribution >= 4 is 30.4 Å². The van der Waals surface area contributed by atoms with Crippen molar-refractivity contribution in [2.75, 3.05) is 19.8 Å². The summed E-state index contributed by atoms with van der Waals surface area (Å²) in [6.07, 6.45) is 0.0666. The third-order valence-corrected chi connectivity index (χ3v) is 12.6. The quantitative estimate of drug-likeness (QED) is 0.189. The predicted molar refractivity (Wildman–Crippen MR) is 174 cm³/mol. The first-order valence-electron chi connectivity index (χ1n) is 14.6. The highest BCUT2D eigenvalue weighted by Gasteiger charge is 2.38. The van der Waals surface area contributed by atoms with Crippen LogP contribution in [0, 0.1) is 67.7 Å². The largest absolute Gasteiger partial charge is 0.297 e. The highest BCUT2D eigenvalue weighted by molar-refractivity contribution is 7.87. The van der Waals surface area contributed by atoms with E-state index in [9.17, 15) is 25.3 Å². The molecular weight excluding hydrogens is 637 g/mol. The monoisotopic (exact) mass is 680 g/mol. The summed E-state index contributed by atoms with van der Waals surface area (Å²) in [7, 11) is -13.0. The van der Waals surface area contributed by atoms with Crippen LogP contribution in [0.2, 0.25) is 0 Å². The molecule has 0 saturated heterocycles. The van der Waals surface area contributed by atoms with Gasteiger partial charge in [-0.15, -0.1) is 0 Å². The Bertz CT molecular complexity index is 1640. The Kier molecular flexibility index (Phi) is 11.2. The fraction of sp³-hybridized carbons (Fsp3) is 0.455. The van der Waals surface area contributed by atoms with Gasteiger partial charge in [-0.25, -0.2) is 0 Å². The van der Waals surface area contributed by atoms with Crippen LogP contribution in [0.15, 0.2) is 51.1 Å². The zero-order valence-corrected chi connectivity index (χ0v) is 30.1. The summed E-state index contributed by atoms with van der Waals surface area (Å²) in [5.41, 5.74) is 4.08. The molecule has 0 heterocycles. The van der Waals surface area contributed by atoms with Crippen molar-refractivity contribution in [1.82, 2.24) is 0 Å². The third-order valence-electron chi connectivity index (χ3n) is 7.87. The lowest BCUT2D eigenvalue weighted by molar-refractivity contribution is 0.0363. The van der Waals surface area contributed by atoms with E-state index < -0.39 is 55.6 Å². The maximum absolute atomic E-state index is 13.5. The third kappa shape index (κ3) is 8.41. The Labute approximate surface area is 269 Å². The molecule has 0 N–H and O–H groups in total. The zero-order chi connectivity index (χ0) is 34.1. The molecule has 3 rings (SSSR count). The van der Waals surface area contributed by atoms with Crippen LogP contribution in [0.1, 0.15) is 63.4 Å². The lowest BCUT2D eigenvalue weighted by atomic mass is 9.88. The Hall–Kier alpha value is -2.61. The molecule has 0 aliphatic heterocycles. The summed E-state index contributed by atoms with van der Waals surface area (Å²) in [6, 6.07) is 10.3. The van der Waals surface area contributed by atoms with Gasteiger partial charge in [0.1, 0.15) is 0 Å². The van der Waals surface area contributed by atoms with Gasteiger partial charge in [-0.3, -0.25) is 12.5 Å². The van der Waals surface area contributed by atoms with Crippen molar-refractivity contribution in [3.8, 4) is 0 Å². The van der Waals surface area contributed by atoms with E-state index in [0.29, 0.717) is 33.4 Å². The van der Waals surface area contributed by atoms with Crippen molar-refractivity contribution in [2.24, 2.45) is 5.41 Å². The molecule has 0 aliphatic rings. The van der Waals surface area contributed by atoms with Crippen LogP contribution in [0.4, 0.5) is 0 Å². The highest BCUT2D eigenvalue weighted by Crippen LogP contribution is 2.33. The van der Waals surface area contributed by atoms with Crippen LogP contribution < -0.4 is 0 Å². The first-order chi connectivity index (χ1) is 20.6. The van der Waals surface area contributed by atoms with Gasteiger partial charge in [0.15, 0.2) is 0 Å². The second-order valence-electron chi connectivity index (χ2n) is 12.2. The van der Waals surface area contributed by atoms with Crippen LogP contribution in [0.5, 0.6) is 0 Å². The van der Waals surface area contributed by atoms with Gasteiger partial charge in [0.05, 0.1) is 34.5 Å². The molecule has 0 aliphatic carbocycles. The molecule has 0 atom stereocenters. The molecule has 0 fully saturated rings. The Morgan fingerprint density at radius 1 is 0.444 bits per heavy atom. The zero-order valence-electron chi connectivity index (χ0n) is 27.7. The van der Waals surface area contributed by atoms with E-state index in [0.717, 1.165) is 16.7 Å². The fourth-order valence-electron chi connectivity index (χ4n) is 5.90. The lowest BCUT2D eigenvalue weighted by Gasteiger charge is -2.31. The topological polar surface area (TPSA) is 130 Å². The maximum Gasteiger partial charge on any atom is 0.297 e. The second kappa shape index (κ2) is 13.6. The van der Waals surface area contributed by atoms with E-state index in [-0.39, 0.29) is 21.1 Å². The van der Waals surface area contributed by atoms with Crippen molar-refractivity contribution in [2.45, 2.75) is 90.3 Å². The Morgan fingerprint density at radius 2 is 0.644 bits per heavy atom. The number of benzene rings is 3. The van der Waals surface area contributed by atoms with Crippen molar-refractivity contribution < 1.29 is 37.8 Å². The summed E-state index contributed by atoms with van der Waals surface area (Å²) in [5.74, 6) is 0. The van der Waals surface area contributed by atoms with Gasteiger partial charge in [-0.2, -0.15) is 25.3 Å². The van der Waals surface area contributed by atoms with Gasteiger partial charge in [-0.1, -0.05) is 60.0 Å². The molecule has 0 radical (unpaired) electrons. The molecule has 9 nitrogen and oxygen atoms in total. The molecule has 0 saturated carbocycles. The average molecular weight is 681 g/mol. The van der Waals surface area contributed by atoms with Crippen LogP contribution in [0.3, 0.4) is 0 Å². The lowest BCUT2D eigenvalue weighted by Crippen LogP contribution is -2.39. The van der Waals surface area contributed by atoms with Crippen molar-refractivity contribution in [1.29, 1.82) is 0 Å². The van der Waals surface area contributed by atoms with Crippen LogP contribution in [-0.2, 0) is 42.9 Å². The predicted octanol–water partition coefficient (Wildman–Crippen LogP) is 6.38. The molecule has 0 spiro atoms. The van der Waals surface area contributed by atoms with Gasteiger partial charge < -0.3 is 0 Å². The van der Waals surface area contributed by atoms with Gasteiger partial charge in [-0.05, 0) is 102 Å². The summed E-state index contributed by atoms with van der Waals surface area (Å²) in [6.45, 7) is 15.4. The molecule has 45 heavy (non-hydrogen) atoms. The van der Waals surface area contributed by atoms with E-state index in [2.05, 4.69) is 0 Å². The molecule has 12 heteroatoms. The highest BCUT2D eigenvalue weighted by atomic mass is 32.2. The molecular formula is C33H44O9S3. The molecule has 3 aromatic rings. The minimum atomic E-state index is -4.34. The maximum atomic E-state index is 13.5.